The summed E-state index contributed by atoms with van der Waals surface area (Å²) in [6.45, 7) is 1.64. The van der Waals surface area contributed by atoms with Crippen LogP contribution in [-0.2, 0) is 6.42 Å². The van der Waals surface area contributed by atoms with Crippen LogP contribution in [0.2, 0.25) is 0 Å². The maximum absolute atomic E-state index is 13.4. The van der Waals surface area contributed by atoms with E-state index in [1.54, 1.807) is 19.2 Å². The molecule has 4 aromatic rings. The zero-order valence-electron chi connectivity index (χ0n) is 13.8. The van der Waals surface area contributed by atoms with E-state index in [9.17, 15) is 4.39 Å². The number of hydrogen-bond acceptors (Lipinski definition) is 3. The number of para-hydroxylation sites is 1. The molecule has 0 saturated heterocycles. The summed E-state index contributed by atoms with van der Waals surface area (Å²) in [5.41, 5.74) is 10.3. The van der Waals surface area contributed by atoms with Gasteiger partial charge in [-0.05, 0) is 37.1 Å². The topological polar surface area (TPSA) is 83.4 Å². The third kappa shape index (κ3) is 2.92. The van der Waals surface area contributed by atoms with E-state index in [1.807, 2.05) is 24.4 Å². The summed E-state index contributed by atoms with van der Waals surface area (Å²) in [5.74, 6) is 0.364. The molecule has 6 heteroatoms. The van der Waals surface area contributed by atoms with Crippen LogP contribution in [0.15, 0.2) is 48.8 Å². The fourth-order valence-corrected chi connectivity index (χ4v) is 2.98. The van der Waals surface area contributed by atoms with E-state index in [0.29, 0.717) is 23.6 Å². The normalized spacial score (nSPS) is 12.6. The van der Waals surface area contributed by atoms with Crippen molar-refractivity contribution in [2.75, 3.05) is 0 Å². The molecule has 0 aliphatic rings. The Bertz CT molecular complexity index is 1030. The number of nitrogens with one attached hydrogen (secondary N) is 2. The third-order valence-electron chi connectivity index (χ3n) is 4.36. The van der Waals surface area contributed by atoms with E-state index < -0.39 is 0 Å². The van der Waals surface area contributed by atoms with Crippen LogP contribution in [0.1, 0.15) is 23.1 Å². The lowest BCUT2D eigenvalue weighted by molar-refractivity contribution is 0.610. The van der Waals surface area contributed by atoms with Crippen LogP contribution in [0.25, 0.3) is 22.3 Å². The lowest BCUT2D eigenvalue weighted by Crippen LogP contribution is -2.14. The Morgan fingerprint density at radius 1 is 1.20 bits per heavy atom. The predicted molar refractivity (Wildman–Crippen MR) is 95.4 cm³/mol. The molecule has 3 aromatic heterocycles. The first-order valence-electron chi connectivity index (χ1n) is 8.11. The van der Waals surface area contributed by atoms with E-state index in [0.717, 1.165) is 16.8 Å². The Morgan fingerprint density at radius 2 is 2.04 bits per heavy atom. The molecule has 5 nitrogen and oxygen atoms in total. The fraction of sp³-hybridized carbons (Fsp3) is 0.158. The third-order valence-corrected chi connectivity index (χ3v) is 4.36. The molecule has 0 fully saturated rings. The molecule has 0 aliphatic heterocycles. The number of benzene rings is 1. The lowest BCUT2D eigenvalue weighted by Gasteiger charge is -2.08. The lowest BCUT2D eigenvalue weighted by atomic mass is 10.1. The summed E-state index contributed by atoms with van der Waals surface area (Å²) in [6, 6.07) is 10.9. The van der Waals surface area contributed by atoms with Crippen molar-refractivity contribution in [3.63, 3.8) is 0 Å². The Labute approximate surface area is 144 Å². The molecule has 1 atom stereocenters. The molecular formula is C19H18FN5. The number of imidazole rings is 1. The van der Waals surface area contributed by atoms with Crippen molar-refractivity contribution < 1.29 is 4.39 Å². The summed E-state index contributed by atoms with van der Waals surface area (Å²) < 4.78 is 13.4. The molecular weight excluding hydrogens is 317 g/mol. The highest BCUT2D eigenvalue weighted by molar-refractivity contribution is 5.83. The number of nitrogens with zero attached hydrogens (tertiary/aromatic N) is 2. The molecule has 3 heterocycles. The van der Waals surface area contributed by atoms with E-state index in [4.69, 9.17) is 5.73 Å². The Morgan fingerprint density at radius 3 is 2.88 bits per heavy atom. The summed E-state index contributed by atoms with van der Waals surface area (Å²) in [6.07, 6.45) is 4.33. The van der Waals surface area contributed by atoms with Crippen molar-refractivity contribution in [3.8, 4) is 11.4 Å². The van der Waals surface area contributed by atoms with Crippen molar-refractivity contribution in [2.45, 2.75) is 19.4 Å². The molecule has 25 heavy (non-hydrogen) atoms. The number of aromatic amines is 2. The zero-order chi connectivity index (χ0) is 17.4. The van der Waals surface area contributed by atoms with Gasteiger partial charge in [0.1, 0.15) is 11.6 Å². The van der Waals surface area contributed by atoms with Gasteiger partial charge in [0.2, 0.25) is 0 Å². The van der Waals surface area contributed by atoms with Crippen LogP contribution in [0, 0.1) is 12.7 Å². The average molecular weight is 335 g/mol. The molecule has 4 rings (SSSR count). The quantitative estimate of drug-likeness (QED) is 0.532. The minimum absolute atomic E-state index is 0.269. The van der Waals surface area contributed by atoms with Gasteiger partial charge in [-0.2, -0.15) is 0 Å². The summed E-state index contributed by atoms with van der Waals surface area (Å²) in [7, 11) is 0. The van der Waals surface area contributed by atoms with Gasteiger partial charge in [0.25, 0.3) is 0 Å². The number of pyridine rings is 1. The molecule has 0 aliphatic carbocycles. The Balaban J connectivity index is 1.58. The zero-order valence-corrected chi connectivity index (χ0v) is 13.8. The Hall–Kier alpha value is -2.99. The van der Waals surface area contributed by atoms with Crippen LogP contribution in [-0.4, -0.2) is 19.9 Å². The molecule has 0 radical (unpaired) electrons. The molecule has 4 N–H and O–H groups in total. The monoisotopic (exact) mass is 335 g/mol. The molecule has 126 valence electrons. The van der Waals surface area contributed by atoms with Gasteiger partial charge in [-0.1, -0.05) is 18.2 Å². The highest BCUT2D eigenvalue weighted by Gasteiger charge is 2.15. The van der Waals surface area contributed by atoms with Gasteiger partial charge >= 0.3 is 0 Å². The number of halogens is 1. The van der Waals surface area contributed by atoms with E-state index in [-0.39, 0.29) is 11.9 Å². The summed E-state index contributed by atoms with van der Waals surface area (Å²) in [4.78, 5) is 15.1. The minimum atomic E-state index is -0.320. The predicted octanol–water partition coefficient (Wildman–Crippen LogP) is 3.64. The van der Waals surface area contributed by atoms with E-state index in [1.165, 1.54) is 11.5 Å². The van der Waals surface area contributed by atoms with Gasteiger partial charge in [-0.25, -0.2) is 14.4 Å². The van der Waals surface area contributed by atoms with Crippen molar-refractivity contribution in [3.05, 3.63) is 71.7 Å². The number of hydrogen-bond donors (Lipinski definition) is 3. The second kappa shape index (κ2) is 6.14. The van der Waals surface area contributed by atoms with E-state index >= 15 is 0 Å². The minimum Gasteiger partial charge on any atom is -0.361 e. The highest BCUT2D eigenvalue weighted by Crippen LogP contribution is 2.24. The highest BCUT2D eigenvalue weighted by atomic mass is 19.1. The van der Waals surface area contributed by atoms with Gasteiger partial charge in [0.15, 0.2) is 0 Å². The Kier molecular flexibility index (Phi) is 3.82. The number of aryl methyl sites for hydroxylation is 1. The number of H-pyrrole nitrogens is 2. The van der Waals surface area contributed by atoms with Crippen molar-refractivity contribution in [1.82, 2.24) is 19.9 Å². The van der Waals surface area contributed by atoms with Crippen LogP contribution >= 0.6 is 0 Å². The molecule has 0 unspecified atom stereocenters. The first kappa shape index (κ1) is 15.5. The van der Waals surface area contributed by atoms with Crippen LogP contribution in [0.3, 0.4) is 0 Å². The van der Waals surface area contributed by atoms with Gasteiger partial charge in [-0.3, -0.25) is 0 Å². The van der Waals surface area contributed by atoms with Gasteiger partial charge in [0.05, 0.1) is 29.3 Å². The standard InChI is InChI=1S/C19H18FN5/c1-11-14(20)6-7-17(24-11)18-10-23-19(25-18)15(21)8-12-9-22-16-5-3-2-4-13(12)16/h2-7,9-10,15,22H,8,21H2,1H3,(H,23,25)/t15-/m1/s1. The van der Waals surface area contributed by atoms with Gasteiger partial charge < -0.3 is 15.7 Å². The maximum atomic E-state index is 13.4. The second-order valence-electron chi connectivity index (χ2n) is 6.12. The smallest absolute Gasteiger partial charge is 0.144 e. The van der Waals surface area contributed by atoms with Crippen molar-refractivity contribution in [1.29, 1.82) is 0 Å². The molecule has 0 saturated carbocycles. The fourth-order valence-electron chi connectivity index (χ4n) is 2.98. The van der Waals surface area contributed by atoms with Gasteiger partial charge in [-0.15, -0.1) is 0 Å². The number of rotatable bonds is 4. The molecule has 0 spiro atoms. The van der Waals surface area contributed by atoms with Crippen LogP contribution < -0.4 is 5.73 Å². The largest absolute Gasteiger partial charge is 0.361 e. The molecule has 0 amide bonds. The van der Waals surface area contributed by atoms with Crippen LogP contribution in [0.5, 0.6) is 0 Å². The molecule has 1 aromatic carbocycles. The summed E-state index contributed by atoms with van der Waals surface area (Å²) in [5, 5.41) is 1.17. The number of aromatic nitrogens is 4. The summed E-state index contributed by atoms with van der Waals surface area (Å²) >= 11 is 0. The number of nitrogens with two attached hydrogens (primary N) is 1. The first-order chi connectivity index (χ1) is 12.1. The second-order valence-corrected chi connectivity index (χ2v) is 6.12. The first-order valence-corrected chi connectivity index (χ1v) is 8.11. The van der Waals surface area contributed by atoms with E-state index in [2.05, 4.69) is 26.0 Å². The van der Waals surface area contributed by atoms with Crippen LogP contribution in [0.4, 0.5) is 4.39 Å². The SMILES string of the molecule is Cc1nc(-c2cnc([C@H](N)Cc3c[nH]c4ccccc34)[nH]2)ccc1F. The van der Waals surface area contributed by atoms with Gasteiger partial charge in [0, 0.05) is 17.1 Å². The maximum Gasteiger partial charge on any atom is 0.144 e. The van der Waals surface area contributed by atoms with Crippen molar-refractivity contribution >= 4 is 10.9 Å². The number of fused-ring (bicyclic) bond motifs is 1. The average Bonchev–Trinajstić information content (AvgIpc) is 3.25. The van der Waals surface area contributed by atoms with Crippen molar-refractivity contribution in [2.24, 2.45) is 5.73 Å². The molecule has 0 bridgehead atoms.